The Hall–Kier alpha value is -0.600. The molecule has 0 unspecified atom stereocenters. The summed E-state index contributed by atoms with van der Waals surface area (Å²) in [5, 5.41) is 0. The second-order valence-corrected chi connectivity index (χ2v) is 3.82. The van der Waals surface area contributed by atoms with Gasteiger partial charge in [0.15, 0.2) is 0 Å². The van der Waals surface area contributed by atoms with Crippen LogP contribution >= 0.6 is 12.4 Å². The first-order valence-electron chi connectivity index (χ1n) is 4.74. The van der Waals surface area contributed by atoms with Crippen LogP contribution in [0.15, 0.2) is 24.3 Å². The summed E-state index contributed by atoms with van der Waals surface area (Å²) < 4.78 is 13.4. The molecule has 2 N–H and O–H groups in total. The van der Waals surface area contributed by atoms with Crippen molar-refractivity contribution in [1.82, 2.24) is 0 Å². The number of halogens is 2. The van der Waals surface area contributed by atoms with E-state index in [2.05, 4.69) is 0 Å². The molecule has 1 fully saturated rings. The minimum atomic E-state index is -0.104. The van der Waals surface area contributed by atoms with Gasteiger partial charge in [-0.15, -0.1) is 12.4 Å². The monoisotopic (exact) mass is 215 g/mol. The van der Waals surface area contributed by atoms with E-state index in [1.54, 1.807) is 6.07 Å². The zero-order valence-electron chi connectivity index (χ0n) is 8.00. The third-order valence-electron chi connectivity index (χ3n) is 3.15. The van der Waals surface area contributed by atoms with Crippen molar-refractivity contribution in [1.29, 1.82) is 0 Å². The SMILES string of the molecule is Cl.NCC1(c2ccccc2F)CCC1. The van der Waals surface area contributed by atoms with Crippen LogP contribution in [0.5, 0.6) is 0 Å². The number of benzene rings is 1. The molecule has 2 rings (SSSR count). The lowest BCUT2D eigenvalue weighted by molar-refractivity contribution is 0.245. The third-order valence-corrected chi connectivity index (χ3v) is 3.15. The summed E-state index contributed by atoms with van der Waals surface area (Å²) in [4.78, 5) is 0. The van der Waals surface area contributed by atoms with Gasteiger partial charge in [-0.05, 0) is 24.5 Å². The molecule has 1 aliphatic rings. The van der Waals surface area contributed by atoms with Crippen molar-refractivity contribution in [2.24, 2.45) is 5.73 Å². The highest BCUT2D eigenvalue weighted by molar-refractivity contribution is 5.85. The van der Waals surface area contributed by atoms with E-state index in [9.17, 15) is 4.39 Å². The third kappa shape index (κ3) is 1.64. The summed E-state index contributed by atoms with van der Waals surface area (Å²) in [7, 11) is 0. The van der Waals surface area contributed by atoms with Gasteiger partial charge in [0, 0.05) is 12.0 Å². The van der Waals surface area contributed by atoms with E-state index >= 15 is 0 Å². The number of hydrogen-bond donors (Lipinski definition) is 1. The molecule has 0 bridgehead atoms. The minimum absolute atomic E-state index is 0. The molecular formula is C11H15ClFN. The molecule has 0 saturated heterocycles. The second kappa shape index (κ2) is 4.28. The van der Waals surface area contributed by atoms with Crippen molar-refractivity contribution in [3.05, 3.63) is 35.6 Å². The Balaban J connectivity index is 0.000000980. The van der Waals surface area contributed by atoms with Gasteiger partial charge >= 0.3 is 0 Å². The Bertz CT molecular complexity index is 304. The number of rotatable bonds is 2. The van der Waals surface area contributed by atoms with Crippen molar-refractivity contribution in [3.8, 4) is 0 Å². The van der Waals surface area contributed by atoms with Gasteiger partial charge in [0.05, 0.1) is 0 Å². The summed E-state index contributed by atoms with van der Waals surface area (Å²) in [6.07, 6.45) is 3.24. The molecule has 1 aromatic carbocycles. The Morgan fingerprint density at radius 3 is 2.36 bits per heavy atom. The van der Waals surface area contributed by atoms with Crippen molar-refractivity contribution in [2.75, 3.05) is 6.54 Å². The van der Waals surface area contributed by atoms with Crippen LogP contribution in [0.1, 0.15) is 24.8 Å². The van der Waals surface area contributed by atoms with Crippen LogP contribution in [-0.2, 0) is 5.41 Å². The van der Waals surface area contributed by atoms with E-state index in [0.717, 1.165) is 18.4 Å². The van der Waals surface area contributed by atoms with E-state index in [1.165, 1.54) is 12.5 Å². The summed E-state index contributed by atoms with van der Waals surface area (Å²) in [5.74, 6) is -0.104. The fourth-order valence-electron chi connectivity index (χ4n) is 2.08. The molecule has 0 aliphatic heterocycles. The zero-order chi connectivity index (χ0) is 9.31. The van der Waals surface area contributed by atoms with E-state index in [0.29, 0.717) is 6.54 Å². The maximum atomic E-state index is 13.4. The highest BCUT2D eigenvalue weighted by atomic mass is 35.5. The molecule has 0 atom stereocenters. The van der Waals surface area contributed by atoms with Gasteiger partial charge in [0.25, 0.3) is 0 Å². The topological polar surface area (TPSA) is 26.0 Å². The molecule has 1 nitrogen and oxygen atoms in total. The average molecular weight is 216 g/mol. The van der Waals surface area contributed by atoms with Gasteiger partial charge in [-0.3, -0.25) is 0 Å². The van der Waals surface area contributed by atoms with Crippen LogP contribution in [0.3, 0.4) is 0 Å². The maximum absolute atomic E-state index is 13.4. The Kier molecular flexibility index (Phi) is 3.51. The van der Waals surface area contributed by atoms with Crippen molar-refractivity contribution in [3.63, 3.8) is 0 Å². The molecule has 1 saturated carbocycles. The molecule has 14 heavy (non-hydrogen) atoms. The molecular weight excluding hydrogens is 201 g/mol. The maximum Gasteiger partial charge on any atom is 0.127 e. The van der Waals surface area contributed by atoms with Crippen molar-refractivity contribution in [2.45, 2.75) is 24.7 Å². The Labute approximate surface area is 89.9 Å². The fourth-order valence-corrected chi connectivity index (χ4v) is 2.08. The first-order chi connectivity index (χ1) is 6.28. The predicted molar refractivity (Wildman–Crippen MR) is 58.2 cm³/mol. The molecule has 0 amide bonds. The van der Waals surface area contributed by atoms with E-state index in [4.69, 9.17) is 5.73 Å². The first kappa shape index (κ1) is 11.5. The molecule has 0 aromatic heterocycles. The number of hydrogen-bond acceptors (Lipinski definition) is 1. The van der Waals surface area contributed by atoms with Gasteiger partial charge in [-0.2, -0.15) is 0 Å². The zero-order valence-corrected chi connectivity index (χ0v) is 8.82. The molecule has 78 valence electrons. The largest absolute Gasteiger partial charge is 0.330 e. The summed E-state index contributed by atoms with van der Waals surface area (Å²) in [6, 6.07) is 6.99. The van der Waals surface area contributed by atoms with Gasteiger partial charge in [0.1, 0.15) is 5.82 Å². The quantitative estimate of drug-likeness (QED) is 0.807. The lowest BCUT2D eigenvalue weighted by Gasteiger charge is -2.41. The minimum Gasteiger partial charge on any atom is -0.330 e. The van der Waals surface area contributed by atoms with E-state index in [-0.39, 0.29) is 23.6 Å². The van der Waals surface area contributed by atoms with Gasteiger partial charge in [-0.1, -0.05) is 24.6 Å². The molecule has 1 aromatic rings. The lowest BCUT2D eigenvalue weighted by Crippen LogP contribution is -2.42. The van der Waals surface area contributed by atoms with Crippen LogP contribution in [0.4, 0.5) is 4.39 Å². The smallest absolute Gasteiger partial charge is 0.127 e. The first-order valence-corrected chi connectivity index (χ1v) is 4.74. The molecule has 0 heterocycles. The summed E-state index contributed by atoms with van der Waals surface area (Å²) >= 11 is 0. The van der Waals surface area contributed by atoms with Gasteiger partial charge in [0.2, 0.25) is 0 Å². The Morgan fingerprint density at radius 2 is 1.93 bits per heavy atom. The second-order valence-electron chi connectivity index (χ2n) is 3.82. The molecule has 1 aliphatic carbocycles. The van der Waals surface area contributed by atoms with E-state index in [1.807, 2.05) is 12.1 Å². The molecule has 0 radical (unpaired) electrons. The number of nitrogens with two attached hydrogens (primary N) is 1. The molecule has 0 spiro atoms. The van der Waals surface area contributed by atoms with Gasteiger partial charge < -0.3 is 5.73 Å². The average Bonchev–Trinajstić information content (AvgIpc) is 2.07. The predicted octanol–water partition coefficient (Wildman–Crippen LogP) is 2.63. The standard InChI is InChI=1S/C11H14FN.ClH/c12-10-5-2-1-4-9(10)11(8-13)6-3-7-11;/h1-2,4-5H,3,6-8,13H2;1H. The van der Waals surface area contributed by atoms with E-state index < -0.39 is 0 Å². The Morgan fingerprint density at radius 1 is 1.29 bits per heavy atom. The van der Waals surface area contributed by atoms with Crippen molar-refractivity contribution >= 4 is 12.4 Å². The molecule has 3 heteroatoms. The highest BCUT2D eigenvalue weighted by Crippen LogP contribution is 2.43. The summed E-state index contributed by atoms with van der Waals surface area (Å²) in [6.45, 7) is 0.563. The summed E-state index contributed by atoms with van der Waals surface area (Å²) in [5.41, 5.74) is 6.46. The highest BCUT2D eigenvalue weighted by Gasteiger charge is 2.38. The van der Waals surface area contributed by atoms with Crippen LogP contribution < -0.4 is 5.73 Å². The van der Waals surface area contributed by atoms with Crippen LogP contribution in [0, 0.1) is 5.82 Å². The van der Waals surface area contributed by atoms with Crippen LogP contribution in [-0.4, -0.2) is 6.54 Å². The van der Waals surface area contributed by atoms with Crippen LogP contribution in [0.25, 0.3) is 0 Å². The van der Waals surface area contributed by atoms with Crippen LogP contribution in [0.2, 0.25) is 0 Å². The normalized spacial score (nSPS) is 18.1. The van der Waals surface area contributed by atoms with Crippen molar-refractivity contribution < 1.29 is 4.39 Å². The fraction of sp³-hybridized carbons (Fsp3) is 0.455. The van der Waals surface area contributed by atoms with Gasteiger partial charge in [-0.25, -0.2) is 4.39 Å². The lowest BCUT2D eigenvalue weighted by atomic mass is 9.64.